The van der Waals surface area contributed by atoms with Gasteiger partial charge < -0.3 is 14.7 Å². The lowest BCUT2D eigenvalue weighted by atomic mass is 9.33. The van der Waals surface area contributed by atoms with Crippen LogP contribution in [0, 0.1) is 0 Å². The maximum absolute atomic E-state index is 2.64. The van der Waals surface area contributed by atoms with Gasteiger partial charge in [0.25, 0.3) is 6.71 Å². The number of nitrogens with zero attached hydrogens (tertiary/aromatic N) is 3. The highest BCUT2D eigenvalue weighted by molar-refractivity contribution is 7.00. The summed E-state index contributed by atoms with van der Waals surface area (Å²) in [4.78, 5) is 7.68. The molecule has 4 heteroatoms. The van der Waals surface area contributed by atoms with Crippen molar-refractivity contribution in [2.45, 2.75) is 97.8 Å². The van der Waals surface area contributed by atoms with Gasteiger partial charge in [-0.15, -0.1) is 0 Å². The molecule has 9 aromatic rings. The minimum Gasteiger partial charge on any atom is -0.311 e. The van der Waals surface area contributed by atoms with Crippen LogP contribution in [0.3, 0.4) is 0 Å². The van der Waals surface area contributed by atoms with E-state index in [0.29, 0.717) is 0 Å². The van der Waals surface area contributed by atoms with Crippen LogP contribution in [-0.4, -0.2) is 6.71 Å². The van der Waals surface area contributed by atoms with E-state index in [4.69, 9.17) is 0 Å². The van der Waals surface area contributed by atoms with Crippen molar-refractivity contribution in [3.8, 4) is 22.3 Å². The molecule has 0 saturated carbocycles. The summed E-state index contributed by atoms with van der Waals surface area (Å²) in [5, 5.41) is 0. The molecule has 360 valence electrons. The number of hydrogen-bond acceptors (Lipinski definition) is 3. The van der Waals surface area contributed by atoms with Gasteiger partial charge in [-0.05, 0) is 156 Å². The molecule has 3 nitrogen and oxygen atoms in total. The molecule has 0 aromatic heterocycles. The molecule has 0 N–H and O–H groups in total. The van der Waals surface area contributed by atoms with Crippen molar-refractivity contribution in [3.05, 3.63) is 228 Å². The molecule has 9 aromatic carbocycles. The van der Waals surface area contributed by atoms with E-state index in [2.05, 4.69) is 291 Å². The monoisotopic (exact) mass is 948 g/mol. The van der Waals surface area contributed by atoms with Crippen LogP contribution in [-0.2, 0) is 21.7 Å². The Morgan fingerprint density at radius 1 is 0.370 bits per heavy atom. The molecule has 2 heterocycles. The fraction of sp³-hybridized carbons (Fsp3) is 0.217. The molecule has 3 aliphatic rings. The molecule has 0 amide bonds. The lowest BCUT2D eigenvalue weighted by Gasteiger charge is -2.46. The topological polar surface area (TPSA) is 9.72 Å². The molecule has 0 unspecified atom stereocenters. The third kappa shape index (κ3) is 7.63. The average molecular weight is 948 g/mol. The molecule has 0 bridgehead atoms. The molecule has 0 atom stereocenters. The number of fused-ring (bicyclic) bond motifs is 7. The number of anilines is 9. The highest BCUT2D eigenvalue weighted by atomic mass is 15.2. The Bertz CT molecular complexity index is 3570. The zero-order chi connectivity index (χ0) is 50.8. The van der Waals surface area contributed by atoms with E-state index in [-0.39, 0.29) is 28.4 Å². The number of hydrogen-bond donors (Lipinski definition) is 0. The maximum atomic E-state index is 2.64. The van der Waals surface area contributed by atoms with Crippen LogP contribution in [0.5, 0.6) is 0 Å². The van der Waals surface area contributed by atoms with Crippen molar-refractivity contribution >= 4 is 74.3 Å². The van der Waals surface area contributed by atoms with Crippen molar-refractivity contribution in [1.29, 1.82) is 0 Å². The molecule has 12 rings (SSSR count). The summed E-state index contributed by atoms with van der Waals surface area (Å²) in [6.07, 6.45) is 0. The first kappa shape index (κ1) is 46.5. The van der Waals surface area contributed by atoms with Gasteiger partial charge in [0.2, 0.25) is 0 Å². The summed E-state index contributed by atoms with van der Waals surface area (Å²) in [6, 6.07) is 76.0. The third-order valence-electron chi connectivity index (χ3n) is 16.1. The quantitative estimate of drug-likeness (QED) is 0.154. The minimum absolute atomic E-state index is 0.0566. The van der Waals surface area contributed by atoms with Gasteiger partial charge in [-0.3, -0.25) is 0 Å². The zero-order valence-electron chi connectivity index (χ0n) is 44.5. The van der Waals surface area contributed by atoms with Gasteiger partial charge >= 0.3 is 0 Å². The molecule has 1 aliphatic carbocycles. The summed E-state index contributed by atoms with van der Waals surface area (Å²) in [5.41, 5.74) is 25.8. The predicted octanol–water partition coefficient (Wildman–Crippen LogP) is 17.1. The first-order valence-corrected chi connectivity index (χ1v) is 26.3. The molecule has 0 saturated heterocycles. The second kappa shape index (κ2) is 16.8. The lowest BCUT2D eigenvalue weighted by molar-refractivity contribution is 0.590. The van der Waals surface area contributed by atoms with Gasteiger partial charge in [0.05, 0.1) is 5.69 Å². The highest BCUT2D eigenvalue weighted by Crippen LogP contribution is 2.53. The average Bonchev–Trinajstić information content (AvgIpc) is 3.61. The van der Waals surface area contributed by atoms with Crippen LogP contribution in [0.2, 0.25) is 0 Å². The van der Waals surface area contributed by atoms with Crippen LogP contribution < -0.4 is 31.1 Å². The lowest BCUT2D eigenvalue weighted by Crippen LogP contribution is -2.61. The third-order valence-corrected chi connectivity index (χ3v) is 16.1. The molecule has 0 spiro atoms. The van der Waals surface area contributed by atoms with E-state index in [1.54, 1.807) is 0 Å². The van der Waals surface area contributed by atoms with Gasteiger partial charge in [0.15, 0.2) is 0 Å². The Hall–Kier alpha value is -7.56. The van der Waals surface area contributed by atoms with E-state index >= 15 is 0 Å². The SMILES string of the molecule is CC(C)(C)c1ccc2c(c1)B1c3ccc(N(c4ccccc4)c4ccccc4)cc3N(c3ccc(C(C)(C)C)cc3-c3ccccc3)c3cc(C(C)(C)C)cc(c31)N2c1ccc2c(c1)C(C)(C)c1ccccc1-2. The summed E-state index contributed by atoms with van der Waals surface area (Å²) < 4.78 is 0. The number of benzene rings is 9. The van der Waals surface area contributed by atoms with Gasteiger partial charge in [-0.25, -0.2) is 0 Å². The van der Waals surface area contributed by atoms with Crippen LogP contribution in [0.1, 0.15) is 104 Å². The Kier molecular flexibility index (Phi) is 10.7. The van der Waals surface area contributed by atoms with Gasteiger partial charge in [0.1, 0.15) is 0 Å². The van der Waals surface area contributed by atoms with E-state index in [1.165, 1.54) is 94.9 Å². The van der Waals surface area contributed by atoms with E-state index in [0.717, 1.165) is 22.7 Å². The highest BCUT2D eigenvalue weighted by Gasteiger charge is 2.46. The van der Waals surface area contributed by atoms with E-state index < -0.39 is 0 Å². The molecule has 0 fully saturated rings. The second-order valence-corrected chi connectivity index (χ2v) is 24.3. The van der Waals surface area contributed by atoms with Crippen LogP contribution >= 0.6 is 0 Å². The number of para-hydroxylation sites is 2. The normalized spacial score (nSPS) is 14.3. The first-order chi connectivity index (χ1) is 34.9. The molecular weight excluding hydrogens is 882 g/mol. The summed E-state index contributed by atoms with van der Waals surface area (Å²) in [7, 11) is 0. The Labute approximate surface area is 434 Å². The largest absolute Gasteiger partial charge is 0.311 e. The number of rotatable bonds is 6. The Morgan fingerprint density at radius 3 is 1.55 bits per heavy atom. The van der Waals surface area contributed by atoms with Gasteiger partial charge in [0, 0.05) is 56.5 Å². The van der Waals surface area contributed by atoms with Crippen molar-refractivity contribution in [1.82, 2.24) is 0 Å². The maximum Gasteiger partial charge on any atom is 0.252 e. The summed E-state index contributed by atoms with van der Waals surface area (Å²) >= 11 is 0. The fourth-order valence-electron chi connectivity index (χ4n) is 12.0. The van der Waals surface area contributed by atoms with Crippen LogP contribution in [0.4, 0.5) is 51.2 Å². The van der Waals surface area contributed by atoms with Crippen LogP contribution in [0.25, 0.3) is 22.3 Å². The van der Waals surface area contributed by atoms with Gasteiger partial charge in [-0.1, -0.05) is 197 Å². The second-order valence-electron chi connectivity index (χ2n) is 24.3. The molecule has 73 heavy (non-hydrogen) atoms. The van der Waals surface area contributed by atoms with Crippen LogP contribution in [0.15, 0.2) is 200 Å². The van der Waals surface area contributed by atoms with Crippen molar-refractivity contribution < 1.29 is 0 Å². The first-order valence-electron chi connectivity index (χ1n) is 26.3. The standard InChI is InChI=1S/C69H66BN3/c1-66(2,3)46-31-37-60(55(39-46)45-23-15-12-16-24-45)73-62-44-52(71(49-25-17-13-18-26-49)50-27-19-14-20-28-50)34-36-58(62)70-59-40-47(67(4,5)6)32-38-61(59)72(63-41-48(68(7,8)9)42-64(73)65(63)70)51-33-35-54-53-29-21-22-30-56(53)69(10,11)57(54)43-51/h12-44H,1-11H3. The fourth-order valence-corrected chi connectivity index (χ4v) is 12.0. The van der Waals surface area contributed by atoms with Gasteiger partial charge in [-0.2, -0.15) is 0 Å². The summed E-state index contributed by atoms with van der Waals surface area (Å²) in [6.45, 7) is 25.9. The van der Waals surface area contributed by atoms with Crippen molar-refractivity contribution in [2.75, 3.05) is 14.7 Å². The van der Waals surface area contributed by atoms with Crippen molar-refractivity contribution in [2.24, 2.45) is 0 Å². The van der Waals surface area contributed by atoms with E-state index in [1.807, 2.05) is 0 Å². The van der Waals surface area contributed by atoms with E-state index in [9.17, 15) is 0 Å². The molecule has 0 radical (unpaired) electrons. The summed E-state index contributed by atoms with van der Waals surface area (Å²) in [5.74, 6) is 0. The Morgan fingerprint density at radius 2 is 0.918 bits per heavy atom. The Balaban J connectivity index is 1.20. The zero-order valence-corrected chi connectivity index (χ0v) is 44.5. The molecule has 2 aliphatic heterocycles. The predicted molar refractivity (Wildman–Crippen MR) is 314 cm³/mol. The minimum atomic E-state index is -0.172. The van der Waals surface area contributed by atoms with Crippen molar-refractivity contribution in [3.63, 3.8) is 0 Å². The molecular formula is C69H66BN3. The smallest absolute Gasteiger partial charge is 0.252 e.